The van der Waals surface area contributed by atoms with Crippen LogP contribution in [0.15, 0.2) is 23.3 Å². The number of rotatable bonds is 11. The van der Waals surface area contributed by atoms with Crippen LogP contribution in [0.1, 0.15) is 127 Å². The highest BCUT2D eigenvalue weighted by Gasteiger charge is 2.34. The van der Waals surface area contributed by atoms with Crippen molar-refractivity contribution in [3.05, 3.63) is 23.3 Å². The molecule has 5 heteroatoms. The van der Waals surface area contributed by atoms with Gasteiger partial charge in [-0.15, -0.1) is 0 Å². The van der Waals surface area contributed by atoms with Crippen LogP contribution in [-0.2, 0) is 23.8 Å². The normalized spacial score (nSPS) is 22.0. The highest BCUT2D eigenvalue weighted by atomic mass is 16.6. The summed E-state index contributed by atoms with van der Waals surface area (Å²) in [6.07, 6.45) is 16.1. The summed E-state index contributed by atoms with van der Waals surface area (Å²) in [6.45, 7) is 19.4. The first-order valence-corrected chi connectivity index (χ1v) is 14.5. The fourth-order valence-electron chi connectivity index (χ4n) is 5.25. The molecule has 0 aliphatic heterocycles. The Balaban J connectivity index is 0.000000375. The van der Waals surface area contributed by atoms with E-state index >= 15 is 0 Å². The van der Waals surface area contributed by atoms with Gasteiger partial charge in [0.2, 0.25) is 0 Å². The van der Waals surface area contributed by atoms with Gasteiger partial charge in [0.25, 0.3) is 0 Å². The Hall–Kier alpha value is -1.62. The van der Waals surface area contributed by atoms with Crippen molar-refractivity contribution in [3.8, 4) is 0 Å². The van der Waals surface area contributed by atoms with Crippen molar-refractivity contribution in [3.63, 3.8) is 0 Å². The van der Waals surface area contributed by atoms with Crippen LogP contribution in [0.3, 0.4) is 0 Å². The largest absolute Gasteiger partial charge is 0.466 e. The fourth-order valence-corrected chi connectivity index (χ4v) is 5.25. The minimum absolute atomic E-state index is 0.159. The molecule has 3 unspecified atom stereocenters. The minimum Gasteiger partial charge on any atom is -0.466 e. The lowest BCUT2D eigenvalue weighted by atomic mass is 9.71. The van der Waals surface area contributed by atoms with Crippen LogP contribution in [0.4, 0.5) is 0 Å². The zero-order chi connectivity index (χ0) is 28.1. The predicted molar refractivity (Wildman–Crippen MR) is 152 cm³/mol. The molecular weight excluding hydrogens is 464 g/mol. The third-order valence-corrected chi connectivity index (χ3v) is 7.44. The number of carbonyl (C=O) groups excluding carboxylic acids is 2. The fraction of sp³-hybridized carbons (Fsp3) is 0.812. The molecule has 0 radical (unpaired) electrons. The molecule has 1 saturated carbocycles. The quantitative estimate of drug-likeness (QED) is 0.202. The van der Waals surface area contributed by atoms with Gasteiger partial charge in [0.05, 0.1) is 18.3 Å². The molecule has 0 aromatic rings. The second-order valence-corrected chi connectivity index (χ2v) is 12.7. The van der Waals surface area contributed by atoms with Gasteiger partial charge in [-0.05, 0) is 103 Å². The molecular formula is C32H56O5. The highest BCUT2D eigenvalue weighted by molar-refractivity contribution is 5.68. The zero-order valence-corrected chi connectivity index (χ0v) is 25.4. The Bertz CT molecular complexity index is 757. The van der Waals surface area contributed by atoms with E-state index in [1.165, 1.54) is 51.0 Å². The van der Waals surface area contributed by atoms with Gasteiger partial charge in [-0.1, -0.05) is 50.5 Å². The maximum atomic E-state index is 11.3. The number of allylic oxidation sites excluding steroid dienone is 4. The molecule has 0 N–H and O–H groups in total. The summed E-state index contributed by atoms with van der Waals surface area (Å²) >= 11 is 0. The van der Waals surface area contributed by atoms with Crippen LogP contribution in [0.5, 0.6) is 0 Å². The third kappa shape index (κ3) is 15.4. The molecule has 0 saturated heterocycles. The smallest absolute Gasteiger partial charge is 0.305 e. The second-order valence-electron chi connectivity index (χ2n) is 12.7. The molecule has 2 rings (SSSR count). The summed E-state index contributed by atoms with van der Waals surface area (Å²) in [4.78, 5) is 22.0. The molecule has 3 atom stereocenters. The first-order valence-electron chi connectivity index (χ1n) is 14.5. The molecule has 0 heterocycles. The molecule has 2 aliphatic carbocycles. The van der Waals surface area contributed by atoms with E-state index in [1.807, 2.05) is 20.8 Å². The van der Waals surface area contributed by atoms with E-state index in [9.17, 15) is 9.59 Å². The molecule has 0 aromatic heterocycles. The average molecular weight is 521 g/mol. The zero-order valence-electron chi connectivity index (χ0n) is 25.4. The van der Waals surface area contributed by atoms with Gasteiger partial charge < -0.3 is 14.2 Å². The molecule has 37 heavy (non-hydrogen) atoms. The third-order valence-electron chi connectivity index (χ3n) is 7.44. The SMILES string of the molecule is CC(=O)OCC1CC=C(CCC=C(C)C)CC1.CCC(=O)OCC(C)(C)OC(C)C1CCCC(C)(C)C1. The predicted octanol–water partition coefficient (Wildman–Crippen LogP) is 8.36. The molecule has 0 bridgehead atoms. The molecule has 0 aromatic carbocycles. The van der Waals surface area contributed by atoms with E-state index in [0.717, 1.165) is 19.3 Å². The van der Waals surface area contributed by atoms with Crippen LogP contribution in [0, 0.1) is 17.3 Å². The summed E-state index contributed by atoms with van der Waals surface area (Å²) in [5.41, 5.74) is 2.99. The first kappa shape index (κ1) is 33.4. The number of ether oxygens (including phenoxy) is 3. The number of hydrogen-bond acceptors (Lipinski definition) is 5. The van der Waals surface area contributed by atoms with E-state index in [0.29, 0.717) is 36.9 Å². The number of hydrogen-bond donors (Lipinski definition) is 0. The molecule has 214 valence electrons. The number of carbonyl (C=O) groups is 2. The number of esters is 2. The van der Waals surface area contributed by atoms with Crippen LogP contribution in [-0.4, -0.2) is 36.9 Å². The highest BCUT2D eigenvalue weighted by Crippen LogP contribution is 2.41. The van der Waals surface area contributed by atoms with E-state index in [2.05, 4.69) is 46.8 Å². The van der Waals surface area contributed by atoms with E-state index in [1.54, 1.807) is 5.57 Å². The topological polar surface area (TPSA) is 61.8 Å². The van der Waals surface area contributed by atoms with E-state index in [4.69, 9.17) is 14.2 Å². The Kier molecular flexibility index (Phi) is 14.8. The van der Waals surface area contributed by atoms with Gasteiger partial charge in [0, 0.05) is 13.3 Å². The summed E-state index contributed by atoms with van der Waals surface area (Å²) in [5, 5.41) is 0. The van der Waals surface area contributed by atoms with Gasteiger partial charge in [-0.3, -0.25) is 9.59 Å². The van der Waals surface area contributed by atoms with Crippen molar-refractivity contribution in [2.75, 3.05) is 13.2 Å². The first-order chi connectivity index (χ1) is 17.2. The van der Waals surface area contributed by atoms with Gasteiger partial charge in [0.1, 0.15) is 6.61 Å². The average Bonchev–Trinajstić information content (AvgIpc) is 2.81. The summed E-state index contributed by atoms with van der Waals surface area (Å²) in [6, 6.07) is 0. The molecule has 0 spiro atoms. The Morgan fingerprint density at radius 3 is 2.41 bits per heavy atom. The maximum Gasteiger partial charge on any atom is 0.305 e. The van der Waals surface area contributed by atoms with Crippen molar-refractivity contribution < 1.29 is 23.8 Å². The van der Waals surface area contributed by atoms with Crippen LogP contribution in [0.2, 0.25) is 0 Å². The molecule has 0 amide bonds. The maximum absolute atomic E-state index is 11.3. The van der Waals surface area contributed by atoms with Gasteiger partial charge in [0.15, 0.2) is 0 Å². The van der Waals surface area contributed by atoms with Gasteiger partial charge in [-0.25, -0.2) is 0 Å². The monoisotopic (exact) mass is 520 g/mol. The van der Waals surface area contributed by atoms with Gasteiger partial charge >= 0.3 is 11.9 Å². The standard InChI is InChI=1S/C17H32O3.C15H24O2/c1-7-15(18)19-12-17(5,6)20-13(2)14-9-8-10-16(3,4)11-14;1-12(2)5-4-6-14-7-9-15(10-8-14)11-17-13(3)16/h13-14H,7-12H2,1-6H3;5,7,15H,4,6,8-11H2,1-3H3. The molecule has 2 aliphatic rings. The summed E-state index contributed by atoms with van der Waals surface area (Å²) < 4.78 is 16.5. The van der Waals surface area contributed by atoms with Crippen LogP contribution >= 0.6 is 0 Å². The Morgan fingerprint density at radius 1 is 1.16 bits per heavy atom. The molecule has 1 fully saturated rings. The second kappa shape index (κ2) is 16.4. The van der Waals surface area contributed by atoms with Crippen molar-refractivity contribution in [2.45, 2.75) is 138 Å². The van der Waals surface area contributed by atoms with Gasteiger partial charge in [-0.2, -0.15) is 0 Å². The van der Waals surface area contributed by atoms with Crippen LogP contribution < -0.4 is 0 Å². The van der Waals surface area contributed by atoms with Crippen LogP contribution in [0.25, 0.3) is 0 Å². The minimum atomic E-state index is -0.411. The summed E-state index contributed by atoms with van der Waals surface area (Å²) in [7, 11) is 0. The summed E-state index contributed by atoms with van der Waals surface area (Å²) in [5.74, 6) is 0.822. The van der Waals surface area contributed by atoms with E-state index < -0.39 is 5.60 Å². The van der Waals surface area contributed by atoms with E-state index in [-0.39, 0.29) is 18.0 Å². The lowest BCUT2D eigenvalue weighted by molar-refractivity contribution is -0.161. The van der Waals surface area contributed by atoms with Crippen molar-refractivity contribution in [1.29, 1.82) is 0 Å². The van der Waals surface area contributed by atoms with Crippen molar-refractivity contribution in [1.82, 2.24) is 0 Å². The van der Waals surface area contributed by atoms with Crippen molar-refractivity contribution in [2.24, 2.45) is 17.3 Å². The lowest BCUT2D eigenvalue weighted by Crippen LogP contribution is -2.40. The lowest BCUT2D eigenvalue weighted by Gasteiger charge is -2.40. The van der Waals surface area contributed by atoms with Crippen molar-refractivity contribution >= 4 is 11.9 Å². The Labute approximate surface area is 227 Å². The Morgan fingerprint density at radius 2 is 1.86 bits per heavy atom. The molecule has 5 nitrogen and oxygen atoms in total.